The van der Waals surface area contributed by atoms with Crippen LogP contribution in [0.1, 0.15) is 21.6 Å². The van der Waals surface area contributed by atoms with E-state index in [0.29, 0.717) is 23.6 Å². The number of ether oxygens (including phenoxy) is 2. The number of allylic oxidation sites excluding steroid dienone is 1. The van der Waals surface area contributed by atoms with Crippen LogP contribution in [0.3, 0.4) is 0 Å². The third-order valence-electron chi connectivity index (χ3n) is 4.56. The van der Waals surface area contributed by atoms with E-state index in [0.717, 1.165) is 22.2 Å². The van der Waals surface area contributed by atoms with E-state index in [2.05, 4.69) is 27.7 Å². The van der Waals surface area contributed by atoms with Crippen molar-refractivity contribution in [2.45, 2.75) is 13.5 Å². The van der Waals surface area contributed by atoms with Gasteiger partial charge < -0.3 is 14.0 Å². The number of carbonyl (C=O) groups is 1. The van der Waals surface area contributed by atoms with Crippen molar-refractivity contribution >= 4 is 23.0 Å². The van der Waals surface area contributed by atoms with Crippen molar-refractivity contribution in [2.75, 3.05) is 14.2 Å². The van der Waals surface area contributed by atoms with Crippen molar-refractivity contribution in [2.24, 2.45) is 5.10 Å². The Morgan fingerprint density at radius 3 is 2.50 bits per heavy atom. The van der Waals surface area contributed by atoms with E-state index in [1.54, 1.807) is 24.4 Å². The number of amides is 1. The Bertz CT molecular complexity index is 1030. The van der Waals surface area contributed by atoms with Crippen LogP contribution >= 0.6 is 0 Å². The van der Waals surface area contributed by atoms with Crippen LogP contribution in [-0.4, -0.2) is 30.9 Å². The molecule has 0 bridgehead atoms. The molecule has 0 unspecified atom stereocenters. The van der Waals surface area contributed by atoms with Gasteiger partial charge in [0.2, 0.25) is 0 Å². The Hall–Kier alpha value is -3.54. The Labute approximate surface area is 164 Å². The van der Waals surface area contributed by atoms with Crippen molar-refractivity contribution in [1.29, 1.82) is 0 Å². The van der Waals surface area contributed by atoms with Gasteiger partial charge in [-0.1, -0.05) is 24.3 Å². The minimum atomic E-state index is -0.346. The zero-order chi connectivity index (χ0) is 20.1. The van der Waals surface area contributed by atoms with Gasteiger partial charge in [0.15, 0.2) is 0 Å². The maximum absolute atomic E-state index is 12.5. The molecular formula is C22H23N3O3. The molecule has 3 aromatic rings. The molecule has 3 rings (SSSR count). The Kier molecular flexibility index (Phi) is 5.79. The molecule has 144 valence electrons. The zero-order valence-corrected chi connectivity index (χ0v) is 16.2. The molecule has 0 saturated carbocycles. The third kappa shape index (κ3) is 3.76. The molecule has 28 heavy (non-hydrogen) atoms. The zero-order valence-electron chi connectivity index (χ0n) is 16.2. The summed E-state index contributed by atoms with van der Waals surface area (Å²) < 4.78 is 12.6. The number of hydrogen-bond acceptors (Lipinski definition) is 4. The summed E-state index contributed by atoms with van der Waals surface area (Å²) in [6.07, 6.45) is 3.53. The number of hydrazone groups is 1. The summed E-state index contributed by atoms with van der Waals surface area (Å²) in [7, 11) is 3.08. The number of carbonyl (C=O) groups excluding carboxylic acids is 1. The summed E-state index contributed by atoms with van der Waals surface area (Å²) in [5.74, 6) is 0.731. The number of rotatable bonds is 7. The second kappa shape index (κ2) is 8.43. The van der Waals surface area contributed by atoms with E-state index in [4.69, 9.17) is 9.47 Å². The van der Waals surface area contributed by atoms with E-state index >= 15 is 0 Å². The third-order valence-corrected chi connectivity index (χ3v) is 4.56. The van der Waals surface area contributed by atoms with Gasteiger partial charge in [-0.05, 0) is 25.1 Å². The summed E-state index contributed by atoms with van der Waals surface area (Å²) in [6.45, 7) is 6.56. The molecule has 6 nitrogen and oxygen atoms in total. The van der Waals surface area contributed by atoms with E-state index in [1.165, 1.54) is 14.2 Å². The van der Waals surface area contributed by atoms with Gasteiger partial charge in [0.25, 0.3) is 5.91 Å². The van der Waals surface area contributed by atoms with Crippen LogP contribution in [0.15, 0.2) is 60.2 Å². The van der Waals surface area contributed by atoms with Gasteiger partial charge in [-0.3, -0.25) is 4.79 Å². The van der Waals surface area contributed by atoms with Crippen molar-refractivity contribution in [3.8, 4) is 11.5 Å². The van der Waals surface area contributed by atoms with Gasteiger partial charge in [0.1, 0.15) is 11.5 Å². The first-order valence-corrected chi connectivity index (χ1v) is 8.84. The summed E-state index contributed by atoms with van der Waals surface area (Å²) in [6, 6.07) is 13.1. The molecular weight excluding hydrogens is 354 g/mol. The topological polar surface area (TPSA) is 64.9 Å². The largest absolute Gasteiger partial charge is 0.497 e. The molecule has 0 aliphatic rings. The van der Waals surface area contributed by atoms with Crippen molar-refractivity contribution in [3.63, 3.8) is 0 Å². The highest BCUT2D eigenvalue weighted by Crippen LogP contribution is 2.25. The maximum Gasteiger partial charge on any atom is 0.271 e. The van der Waals surface area contributed by atoms with Crippen LogP contribution in [0, 0.1) is 6.92 Å². The van der Waals surface area contributed by atoms with Crippen LogP contribution in [0.4, 0.5) is 0 Å². The number of para-hydroxylation sites is 1. The molecule has 0 aliphatic heterocycles. The standard InChI is InChI=1S/C22H23N3O3/c1-5-10-25-15(2)20(19-8-6-7-9-21(19)25)14-23-24-22(26)16-11-17(27-3)13-18(12-16)28-4/h5-9,11-14H,1,10H2,2-4H3,(H,24,26)/b23-14-. The lowest BCUT2D eigenvalue weighted by Crippen LogP contribution is -2.17. The van der Waals surface area contributed by atoms with Gasteiger partial charge in [-0.2, -0.15) is 5.10 Å². The number of hydrogen-bond donors (Lipinski definition) is 1. The molecule has 0 aliphatic carbocycles. The molecule has 1 amide bonds. The van der Waals surface area contributed by atoms with Crippen molar-refractivity contribution < 1.29 is 14.3 Å². The molecule has 0 spiro atoms. The lowest BCUT2D eigenvalue weighted by molar-refractivity contribution is 0.0954. The fourth-order valence-electron chi connectivity index (χ4n) is 3.14. The molecule has 0 fully saturated rings. The fourth-order valence-corrected chi connectivity index (χ4v) is 3.14. The summed E-state index contributed by atoms with van der Waals surface area (Å²) in [4.78, 5) is 12.5. The normalized spacial score (nSPS) is 11.0. The lowest BCUT2D eigenvalue weighted by Gasteiger charge is -2.07. The van der Waals surface area contributed by atoms with Gasteiger partial charge in [0.05, 0.1) is 20.4 Å². The Morgan fingerprint density at radius 1 is 1.18 bits per heavy atom. The van der Waals surface area contributed by atoms with Crippen LogP contribution < -0.4 is 14.9 Å². The number of aromatic nitrogens is 1. The monoisotopic (exact) mass is 377 g/mol. The predicted molar refractivity (Wildman–Crippen MR) is 111 cm³/mol. The van der Waals surface area contributed by atoms with Crippen LogP contribution in [0.25, 0.3) is 10.9 Å². The molecule has 1 N–H and O–H groups in total. The molecule has 2 aromatic carbocycles. The minimum absolute atomic E-state index is 0.346. The van der Waals surface area contributed by atoms with Gasteiger partial charge in [0, 0.05) is 40.3 Å². The van der Waals surface area contributed by atoms with Crippen LogP contribution in [0.2, 0.25) is 0 Å². The molecule has 0 radical (unpaired) electrons. The summed E-state index contributed by atoms with van der Waals surface area (Å²) in [5.41, 5.74) is 6.09. The second-order valence-corrected chi connectivity index (χ2v) is 6.22. The number of nitrogens with zero attached hydrogens (tertiary/aromatic N) is 2. The number of nitrogens with one attached hydrogen (secondary N) is 1. The van der Waals surface area contributed by atoms with Gasteiger partial charge >= 0.3 is 0 Å². The highest BCUT2D eigenvalue weighted by molar-refractivity contribution is 6.02. The van der Waals surface area contributed by atoms with E-state index in [1.807, 2.05) is 31.2 Å². The van der Waals surface area contributed by atoms with Crippen LogP contribution in [-0.2, 0) is 6.54 Å². The first-order chi connectivity index (χ1) is 13.6. The molecule has 1 aromatic heterocycles. The fraction of sp³-hybridized carbons (Fsp3) is 0.182. The first-order valence-electron chi connectivity index (χ1n) is 8.84. The highest BCUT2D eigenvalue weighted by Gasteiger charge is 2.12. The molecule has 6 heteroatoms. The average molecular weight is 377 g/mol. The SMILES string of the molecule is C=CCn1c(C)c(/C=N\NC(=O)c2cc(OC)cc(OC)c2)c2ccccc21. The smallest absolute Gasteiger partial charge is 0.271 e. The highest BCUT2D eigenvalue weighted by atomic mass is 16.5. The van der Waals surface area contributed by atoms with Crippen molar-refractivity contribution in [1.82, 2.24) is 9.99 Å². The van der Waals surface area contributed by atoms with Gasteiger partial charge in [-0.15, -0.1) is 6.58 Å². The minimum Gasteiger partial charge on any atom is -0.497 e. The quantitative estimate of drug-likeness (QED) is 0.386. The van der Waals surface area contributed by atoms with Crippen LogP contribution in [0.5, 0.6) is 11.5 Å². The predicted octanol–water partition coefficient (Wildman–Crippen LogP) is 3.92. The number of benzene rings is 2. The van der Waals surface area contributed by atoms with E-state index < -0.39 is 0 Å². The summed E-state index contributed by atoms with van der Waals surface area (Å²) >= 11 is 0. The van der Waals surface area contributed by atoms with E-state index in [-0.39, 0.29) is 5.91 Å². The lowest BCUT2D eigenvalue weighted by atomic mass is 10.1. The molecule has 1 heterocycles. The molecule has 0 atom stereocenters. The second-order valence-electron chi connectivity index (χ2n) is 6.22. The summed E-state index contributed by atoms with van der Waals surface area (Å²) in [5, 5.41) is 5.24. The van der Waals surface area contributed by atoms with E-state index in [9.17, 15) is 4.79 Å². The average Bonchev–Trinajstić information content (AvgIpc) is 2.99. The maximum atomic E-state index is 12.5. The Morgan fingerprint density at radius 2 is 1.86 bits per heavy atom. The first kappa shape index (κ1) is 19.2. The van der Waals surface area contributed by atoms with Crippen molar-refractivity contribution in [3.05, 3.63) is 71.9 Å². The molecule has 0 saturated heterocycles. The van der Waals surface area contributed by atoms with Gasteiger partial charge in [-0.25, -0.2) is 5.43 Å². The number of methoxy groups -OCH3 is 2. The number of fused-ring (bicyclic) bond motifs is 1. The Balaban J connectivity index is 1.86.